The molecule has 1 N–H and O–H groups in total. The van der Waals surface area contributed by atoms with Crippen molar-refractivity contribution in [2.24, 2.45) is 5.92 Å². The summed E-state index contributed by atoms with van der Waals surface area (Å²) in [4.78, 5) is 13.3. The maximum atomic E-state index is 11.0. The number of rotatable bonds is 4. The topological polar surface area (TPSA) is 32.3 Å². The Labute approximate surface area is 80.5 Å². The zero-order valence-electron chi connectivity index (χ0n) is 8.84. The first-order chi connectivity index (χ1) is 6.08. The molecule has 0 radical (unpaired) electrons. The molecule has 0 aromatic heterocycles. The fourth-order valence-electron chi connectivity index (χ4n) is 1.88. The lowest BCUT2D eigenvalue weighted by Gasteiger charge is -2.22. The van der Waals surface area contributed by atoms with Gasteiger partial charge in [-0.05, 0) is 13.0 Å². The van der Waals surface area contributed by atoms with Gasteiger partial charge in [-0.15, -0.1) is 0 Å². The van der Waals surface area contributed by atoms with E-state index in [2.05, 4.69) is 31.1 Å². The standard InChI is InChI=1S/C10H20N2O/c1-8(2)6-12(3)7-9-4-10(13)5-11-9/h8-9,11H,4-7H2,1-3H3. The minimum Gasteiger partial charge on any atom is -0.305 e. The van der Waals surface area contributed by atoms with Crippen LogP contribution in [0, 0.1) is 5.92 Å². The van der Waals surface area contributed by atoms with E-state index >= 15 is 0 Å². The molecule has 1 unspecified atom stereocenters. The summed E-state index contributed by atoms with van der Waals surface area (Å²) >= 11 is 0. The molecule has 13 heavy (non-hydrogen) atoms. The number of nitrogens with zero attached hydrogens (tertiary/aromatic N) is 1. The van der Waals surface area contributed by atoms with Gasteiger partial charge in [-0.2, -0.15) is 0 Å². The first-order valence-electron chi connectivity index (χ1n) is 5.01. The Morgan fingerprint density at radius 1 is 1.62 bits per heavy atom. The van der Waals surface area contributed by atoms with Gasteiger partial charge >= 0.3 is 0 Å². The molecule has 0 bridgehead atoms. The smallest absolute Gasteiger partial charge is 0.148 e. The molecule has 1 aliphatic heterocycles. The van der Waals surface area contributed by atoms with Crippen LogP contribution in [0.4, 0.5) is 0 Å². The quantitative estimate of drug-likeness (QED) is 0.691. The first kappa shape index (κ1) is 10.7. The Balaban J connectivity index is 2.20. The molecule has 1 aliphatic rings. The van der Waals surface area contributed by atoms with E-state index in [1.807, 2.05) is 0 Å². The van der Waals surface area contributed by atoms with Crippen molar-refractivity contribution in [1.82, 2.24) is 10.2 Å². The van der Waals surface area contributed by atoms with Crippen molar-refractivity contribution >= 4 is 5.78 Å². The summed E-state index contributed by atoms with van der Waals surface area (Å²) in [7, 11) is 2.12. The molecule has 0 aromatic carbocycles. The second-order valence-electron chi connectivity index (χ2n) is 4.44. The van der Waals surface area contributed by atoms with E-state index in [0.29, 0.717) is 30.7 Å². The maximum absolute atomic E-state index is 11.0. The molecule has 0 aliphatic carbocycles. The fourth-order valence-corrected chi connectivity index (χ4v) is 1.88. The Kier molecular flexibility index (Phi) is 3.88. The monoisotopic (exact) mass is 184 g/mol. The van der Waals surface area contributed by atoms with E-state index in [1.165, 1.54) is 0 Å². The first-order valence-corrected chi connectivity index (χ1v) is 5.01. The number of likely N-dealkylation sites (N-methyl/N-ethyl adjacent to an activating group) is 1. The highest BCUT2D eigenvalue weighted by Crippen LogP contribution is 2.04. The van der Waals surface area contributed by atoms with E-state index in [4.69, 9.17) is 0 Å². The third-order valence-corrected chi connectivity index (χ3v) is 2.27. The van der Waals surface area contributed by atoms with Crippen LogP contribution in [-0.2, 0) is 4.79 Å². The number of carbonyl (C=O) groups excluding carboxylic acids is 1. The van der Waals surface area contributed by atoms with Crippen molar-refractivity contribution in [3.63, 3.8) is 0 Å². The van der Waals surface area contributed by atoms with Crippen LogP contribution in [0.5, 0.6) is 0 Å². The minimum atomic E-state index is 0.350. The number of hydrogen-bond donors (Lipinski definition) is 1. The fraction of sp³-hybridized carbons (Fsp3) is 0.900. The summed E-state index contributed by atoms with van der Waals surface area (Å²) in [5.41, 5.74) is 0. The van der Waals surface area contributed by atoms with E-state index in [9.17, 15) is 4.79 Å². The van der Waals surface area contributed by atoms with Crippen LogP contribution in [0.3, 0.4) is 0 Å². The van der Waals surface area contributed by atoms with Gasteiger partial charge < -0.3 is 10.2 Å². The van der Waals surface area contributed by atoms with Crippen LogP contribution >= 0.6 is 0 Å². The predicted octanol–water partition coefficient (Wildman–Crippen LogP) is 0.505. The third-order valence-electron chi connectivity index (χ3n) is 2.27. The van der Waals surface area contributed by atoms with Gasteiger partial charge in [0.2, 0.25) is 0 Å². The van der Waals surface area contributed by atoms with Crippen molar-refractivity contribution in [2.75, 3.05) is 26.7 Å². The van der Waals surface area contributed by atoms with E-state index in [-0.39, 0.29) is 0 Å². The largest absolute Gasteiger partial charge is 0.305 e. The highest BCUT2D eigenvalue weighted by molar-refractivity contribution is 5.83. The van der Waals surface area contributed by atoms with Crippen molar-refractivity contribution in [1.29, 1.82) is 0 Å². The van der Waals surface area contributed by atoms with Gasteiger partial charge in [0.05, 0.1) is 6.54 Å². The van der Waals surface area contributed by atoms with Crippen molar-refractivity contribution in [3.05, 3.63) is 0 Å². The summed E-state index contributed by atoms with van der Waals surface area (Å²) in [6, 6.07) is 0.385. The lowest BCUT2D eigenvalue weighted by Crippen LogP contribution is -2.36. The summed E-state index contributed by atoms with van der Waals surface area (Å²) in [5.74, 6) is 1.05. The lowest BCUT2D eigenvalue weighted by atomic mass is 10.1. The Morgan fingerprint density at radius 2 is 2.31 bits per heavy atom. The highest BCUT2D eigenvalue weighted by atomic mass is 16.1. The lowest BCUT2D eigenvalue weighted by molar-refractivity contribution is -0.116. The average Bonchev–Trinajstić information content (AvgIpc) is 2.33. The Hall–Kier alpha value is -0.410. The third kappa shape index (κ3) is 3.87. The molecule has 0 spiro atoms. The van der Waals surface area contributed by atoms with Gasteiger partial charge in [-0.25, -0.2) is 0 Å². The second kappa shape index (κ2) is 4.72. The predicted molar refractivity (Wildman–Crippen MR) is 53.7 cm³/mol. The van der Waals surface area contributed by atoms with Crippen LogP contribution in [0.15, 0.2) is 0 Å². The number of Topliss-reactive ketones (excluding diaryl/α,β-unsaturated/α-hetero) is 1. The van der Waals surface area contributed by atoms with Gasteiger partial charge in [-0.1, -0.05) is 13.8 Å². The molecule has 0 aromatic rings. The summed E-state index contributed by atoms with van der Waals surface area (Å²) < 4.78 is 0. The van der Waals surface area contributed by atoms with E-state index < -0.39 is 0 Å². The van der Waals surface area contributed by atoms with Crippen molar-refractivity contribution in [3.8, 4) is 0 Å². The molecule has 1 atom stereocenters. The zero-order valence-corrected chi connectivity index (χ0v) is 8.84. The molecule has 1 saturated heterocycles. The van der Waals surface area contributed by atoms with E-state index in [0.717, 1.165) is 13.1 Å². The Morgan fingerprint density at radius 3 is 2.77 bits per heavy atom. The SMILES string of the molecule is CC(C)CN(C)CC1CC(=O)CN1. The van der Waals surface area contributed by atoms with Gasteiger partial charge in [0.1, 0.15) is 5.78 Å². The van der Waals surface area contributed by atoms with Crippen LogP contribution in [0.2, 0.25) is 0 Å². The Bertz CT molecular complexity index is 180. The van der Waals surface area contributed by atoms with Gasteiger partial charge in [0.25, 0.3) is 0 Å². The molecular weight excluding hydrogens is 164 g/mol. The zero-order chi connectivity index (χ0) is 9.84. The number of ketones is 1. The molecule has 1 heterocycles. The summed E-state index contributed by atoms with van der Waals surface area (Å²) in [6.07, 6.45) is 0.711. The highest BCUT2D eigenvalue weighted by Gasteiger charge is 2.22. The molecule has 3 heteroatoms. The van der Waals surface area contributed by atoms with Gasteiger partial charge in [-0.3, -0.25) is 4.79 Å². The summed E-state index contributed by atoms with van der Waals surface area (Å²) in [6.45, 7) is 7.09. The summed E-state index contributed by atoms with van der Waals surface area (Å²) in [5, 5.41) is 3.22. The number of hydrogen-bond acceptors (Lipinski definition) is 3. The molecule has 1 fully saturated rings. The van der Waals surface area contributed by atoms with Crippen LogP contribution < -0.4 is 5.32 Å². The molecule has 3 nitrogen and oxygen atoms in total. The van der Waals surface area contributed by atoms with Crippen LogP contribution in [-0.4, -0.2) is 43.4 Å². The van der Waals surface area contributed by atoms with Gasteiger partial charge in [0.15, 0.2) is 0 Å². The molecule has 0 saturated carbocycles. The van der Waals surface area contributed by atoms with Crippen molar-refractivity contribution < 1.29 is 4.79 Å². The van der Waals surface area contributed by atoms with Gasteiger partial charge in [0, 0.05) is 25.6 Å². The minimum absolute atomic E-state index is 0.350. The van der Waals surface area contributed by atoms with Crippen molar-refractivity contribution in [2.45, 2.75) is 26.3 Å². The second-order valence-corrected chi connectivity index (χ2v) is 4.44. The number of nitrogens with one attached hydrogen (secondary N) is 1. The average molecular weight is 184 g/mol. The van der Waals surface area contributed by atoms with E-state index in [1.54, 1.807) is 0 Å². The number of carbonyl (C=O) groups is 1. The molecular formula is C10H20N2O. The maximum Gasteiger partial charge on any atom is 0.148 e. The van der Waals surface area contributed by atoms with Crippen LogP contribution in [0.1, 0.15) is 20.3 Å². The van der Waals surface area contributed by atoms with Crippen LogP contribution in [0.25, 0.3) is 0 Å². The normalized spacial score (nSPS) is 23.5. The molecule has 0 amide bonds. The molecule has 76 valence electrons. The molecule has 1 rings (SSSR count).